The van der Waals surface area contributed by atoms with Crippen molar-refractivity contribution in [3.63, 3.8) is 0 Å². The van der Waals surface area contributed by atoms with Crippen molar-refractivity contribution in [3.05, 3.63) is 46.5 Å². The van der Waals surface area contributed by atoms with Crippen LogP contribution in [0.2, 0.25) is 0 Å². The van der Waals surface area contributed by atoms with Gasteiger partial charge in [0.05, 0.1) is 28.4 Å². The minimum absolute atomic E-state index is 0.357. The first-order valence-electron chi connectivity index (χ1n) is 11.5. The lowest BCUT2D eigenvalue weighted by atomic mass is 9.92. The number of rotatable bonds is 7. The summed E-state index contributed by atoms with van der Waals surface area (Å²) in [5, 5.41) is 0. The van der Waals surface area contributed by atoms with Crippen molar-refractivity contribution in [2.24, 2.45) is 0 Å². The van der Waals surface area contributed by atoms with E-state index < -0.39 is 0 Å². The summed E-state index contributed by atoms with van der Waals surface area (Å²) in [7, 11) is 6.81. The molecule has 0 saturated heterocycles. The molecule has 0 saturated carbocycles. The van der Waals surface area contributed by atoms with E-state index in [1.54, 1.807) is 28.4 Å². The van der Waals surface area contributed by atoms with E-state index in [4.69, 9.17) is 18.9 Å². The number of hydrogen-bond donors (Lipinski definition) is 0. The van der Waals surface area contributed by atoms with Gasteiger partial charge in [0.15, 0.2) is 23.0 Å². The Morgan fingerprint density at radius 2 is 0.969 bits per heavy atom. The summed E-state index contributed by atoms with van der Waals surface area (Å²) in [5.41, 5.74) is 5.44. The molecule has 0 fully saturated rings. The molecule has 2 aliphatic heterocycles. The number of hydrogen-bond acceptors (Lipinski definition) is 6. The van der Waals surface area contributed by atoms with Gasteiger partial charge in [0, 0.05) is 38.3 Å². The third kappa shape index (κ3) is 4.14. The molecule has 0 aliphatic carbocycles. The summed E-state index contributed by atoms with van der Waals surface area (Å²) in [5.74, 6) is 3.26. The fourth-order valence-electron chi connectivity index (χ4n) is 5.26. The topological polar surface area (TPSA) is 43.4 Å². The third-order valence-corrected chi connectivity index (χ3v) is 7.30. The zero-order chi connectivity index (χ0) is 22.8. The highest BCUT2D eigenvalue weighted by Gasteiger charge is 2.29. The van der Waals surface area contributed by atoms with Gasteiger partial charge < -0.3 is 18.9 Å². The average Bonchev–Trinajstić information content (AvgIpc) is 2.83. The second-order valence-electron chi connectivity index (χ2n) is 8.74. The predicted molar refractivity (Wildman–Crippen MR) is 126 cm³/mol. The van der Waals surface area contributed by atoms with Crippen LogP contribution in [0.3, 0.4) is 0 Å². The Labute approximate surface area is 192 Å². The first-order valence-corrected chi connectivity index (χ1v) is 11.5. The van der Waals surface area contributed by atoms with E-state index in [9.17, 15) is 0 Å². The normalized spacial score (nSPS) is 20.9. The highest BCUT2D eigenvalue weighted by atomic mass is 16.5. The maximum absolute atomic E-state index is 5.55. The van der Waals surface area contributed by atoms with Crippen LogP contribution < -0.4 is 18.9 Å². The lowest BCUT2D eigenvalue weighted by molar-refractivity contribution is 0.133. The standard InChI is InChI=1S/C26H36N2O4/c1-17-21-15-25(31-5)23(29-3)13-19(21)7-9-27(17)11-12-28-10-8-20-14-24(30-4)26(32-6)16-22(20)18(28)2/h13-18H,7-12H2,1-6H3. The molecule has 2 aromatic carbocycles. The smallest absolute Gasteiger partial charge is 0.161 e. The molecule has 6 heteroatoms. The maximum Gasteiger partial charge on any atom is 0.161 e. The molecule has 4 rings (SSSR count). The first kappa shape index (κ1) is 22.7. The van der Waals surface area contributed by atoms with Crippen LogP contribution in [0.1, 0.15) is 48.2 Å². The Hall–Kier alpha value is -2.44. The van der Waals surface area contributed by atoms with Crippen LogP contribution in [0.25, 0.3) is 0 Å². The van der Waals surface area contributed by atoms with Gasteiger partial charge >= 0.3 is 0 Å². The Bertz CT molecular complexity index is 884. The van der Waals surface area contributed by atoms with Gasteiger partial charge in [-0.2, -0.15) is 0 Å². The molecule has 0 amide bonds. The van der Waals surface area contributed by atoms with Gasteiger partial charge in [-0.25, -0.2) is 0 Å². The van der Waals surface area contributed by atoms with E-state index in [0.717, 1.165) is 62.0 Å². The number of fused-ring (bicyclic) bond motifs is 2. The van der Waals surface area contributed by atoms with E-state index in [-0.39, 0.29) is 0 Å². The summed E-state index contributed by atoms with van der Waals surface area (Å²) in [6.45, 7) is 8.82. The van der Waals surface area contributed by atoms with Crippen LogP contribution in [-0.2, 0) is 12.8 Å². The summed E-state index contributed by atoms with van der Waals surface area (Å²) in [6.07, 6.45) is 2.07. The molecule has 2 aromatic rings. The number of nitrogens with zero attached hydrogens (tertiary/aromatic N) is 2. The largest absolute Gasteiger partial charge is 0.493 e. The fourth-order valence-corrected chi connectivity index (χ4v) is 5.26. The number of methoxy groups -OCH3 is 4. The maximum atomic E-state index is 5.55. The Morgan fingerprint density at radius 1 is 0.625 bits per heavy atom. The SMILES string of the molecule is COc1cc2c(cc1OC)C(C)N(CCN1CCc3cc(OC)c(OC)cc3C1C)CC2. The van der Waals surface area contributed by atoms with Crippen molar-refractivity contribution in [1.29, 1.82) is 0 Å². The summed E-state index contributed by atoms with van der Waals surface area (Å²) < 4.78 is 22.1. The molecular weight excluding hydrogens is 404 g/mol. The molecule has 0 radical (unpaired) electrons. The molecule has 2 atom stereocenters. The quantitative estimate of drug-likeness (QED) is 0.641. The van der Waals surface area contributed by atoms with Crippen molar-refractivity contribution in [2.75, 3.05) is 54.6 Å². The molecular formula is C26H36N2O4. The van der Waals surface area contributed by atoms with Crippen molar-refractivity contribution in [3.8, 4) is 23.0 Å². The Balaban J connectivity index is 1.46. The van der Waals surface area contributed by atoms with Crippen LogP contribution >= 0.6 is 0 Å². The summed E-state index contributed by atoms with van der Waals surface area (Å²) in [4.78, 5) is 5.18. The predicted octanol–water partition coefficient (Wildman–Crippen LogP) is 4.26. The van der Waals surface area contributed by atoms with Crippen LogP contribution in [0.5, 0.6) is 23.0 Å². The third-order valence-electron chi connectivity index (χ3n) is 7.30. The molecule has 0 aromatic heterocycles. The molecule has 0 spiro atoms. The lowest BCUT2D eigenvalue weighted by Crippen LogP contribution is -2.42. The molecule has 32 heavy (non-hydrogen) atoms. The van der Waals surface area contributed by atoms with Gasteiger partial charge in [-0.1, -0.05) is 0 Å². The molecule has 174 valence electrons. The van der Waals surface area contributed by atoms with Crippen molar-refractivity contribution < 1.29 is 18.9 Å². The molecule has 0 bridgehead atoms. The zero-order valence-corrected chi connectivity index (χ0v) is 20.2. The fraction of sp³-hybridized carbons (Fsp3) is 0.538. The van der Waals surface area contributed by atoms with E-state index >= 15 is 0 Å². The minimum atomic E-state index is 0.357. The summed E-state index contributed by atoms with van der Waals surface area (Å²) >= 11 is 0. The van der Waals surface area contributed by atoms with Gasteiger partial charge in [0.2, 0.25) is 0 Å². The van der Waals surface area contributed by atoms with E-state index in [2.05, 4.69) is 47.9 Å². The van der Waals surface area contributed by atoms with E-state index in [1.165, 1.54) is 22.3 Å². The average molecular weight is 441 g/mol. The Kier molecular flexibility index (Phi) is 6.82. The lowest BCUT2D eigenvalue weighted by Gasteiger charge is -2.40. The zero-order valence-electron chi connectivity index (χ0n) is 20.2. The van der Waals surface area contributed by atoms with Gasteiger partial charge in [0.1, 0.15) is 0 Å². The first-order chi connectivity index (χ1) is 15.5. The second-order valence-corrected chi connectivity index (χ2v) is 8.74. The van der Waals surface area contributed by atoms with Crippen LogP contribution in [-0.4, -0.2) is 64.4 Å². The van der Waals surface area contributed by atoms with Crippen LogP contribution in [0, 0.1) is 0 Å². The van der Waals surface area contributed by atoms with Gasteiger partial charge in [-0.05, 0) is 73.2 Å². The minimum Gasteiger partial charge on any atom is -0.493 e. The van der Waals surface area contributed by atoms with E-state index in [1.807, 2.05) is 0 Å². The monoisotopic (exact) mass is 440 g/mol. The molecule has 6 nitrogen and oxygen atoms in total. The van der Waals surface area contributed by atoms with Gasteiger partial charge in [-0.15, -0.1) is 0 Å². The van der Waals surface area contributed by atoms with Gasteiger partial charge in [0.25, 0.3) is 0 Å². The van der Waals surface area contributed by atoms with Crippen LogP contribution in [0.15, 0.2) is 24.3 Å². The molecule has 2 aliphatic rings. The van der Waals surface area contributed by atoms with E-state index in [0.29, 0.717) is 12.1 Å². The van der Waals surface area contributed by atoms with Crippen molar-refractivity contribution in [2.45, 2.75) is 38.8 Å². The highest BCUT2D eigenvalue weighted by molar-refractivity contribution is 5.50. The van der Waals surface area contributed by atoms with Crippen LogP contribution in [0.4, 0.5) is 0 Å². The molecule has 2 heterocycles. The Morgan fingerprint density at radius 3 is 1.31 bits per heavy atom. The second kappa shape index (κ2) is 9.59. The molecule has 0 N–H and O–H groups in total. The highest BCUT2D eigenvalue weighted by Crippen LogP contribution is 2.39. The number of benzene rings is 2. The number of ether oxygens (including phenoxy) is 4. The van der Waals surface area contributed by atoms with Crippen molar-refractivity contribution >= 4 is 0 Å². The van der Waals surface area contributed by atoms with Gasteiger partial charge in [-0.3, -0.25) is 9.80 Å². The van der Waals surface area contributed by atoms with Crippen molar-refractivity contribution in [1.82, 2.24) is 9.80 Å². The summed E-state index contributed by atoms with van der Waals surface area (Å²) in [6, 6.07) is 9.32. The molecule has 2 unspecified atom stereocenters.